The van der Waals surface area contributed by atoms with Crippen molar-refractivity contribution in [2.24, 2.45) is 0 Å². The molecule has 1 amide bonds. The van der Waals surface area contributed by atoms with Crippen LogP contribution in [-0.2, 0) is 16.0 Å². The summed E-state index contributed by atoms with van der Waals surface area (Å²) in [6.07, 6.45) is -0.868. The molecule has 1 atom stereocenters. The molecule has 26 heavy (non-hydrogen) atoms. The van der Waals surface area contributed by atoms with Crippen molar-refractivity contribution >= 4 is 12.1 Å². The average Bonchev–Trinajstić information content (AvgIpc) is 2.67. The molecule has 0 radical (unpaired) electrons. The SMILES string of the molecule is CCOC(=O)c1cccc(OC(CC)OC(=O)NCc2ccccc2)c1. The Bertz CT molecular complexity index is 717. The van der Waals surface area contributed by atoms with E-state index >= 15 is 0 Å². The monoisotopic (exact) mass is 357 g/mol. The van der Waals surface area contributed by atoms with Crippen molar-refractivity contribution in [2.75, 3.05) is 6.61 Å². The first-order chi connectivity index (χ1) is 12.6. The fraction of sp³-hybridized carbons (Fsp3) is 0.300. The maximum absolute atomic E-state index is 11.9. The number of rotatable bonds is 8. The largest absolute Gasteiger partial charge is 0.462 e. The highest BCUT2D eigenvalue weighted by molar-refractivity contribution is 5.89. The Morgan fingerprint density at radius 2 is 1.81 bits per heavy atom. The van der Waals surface area contributed by atoms with E-state index in [1.54, 1.807) is 31.2 Å². The standard InChI is InChI=1S/C20H23NO5/c1-3-18(26-20(23)21-14-15-9-6-5-7-10-15)25-17-12-8-11-16(13-17)19(22)24-4-2/h5-13,18H,3-4,14H2,1-2H3,(H,21,23). The lowest BCUT2D eigenvalue weighted by Crippen LogP contribution is -2.31. The van der Waals surface area contributed by atoms with Crippen LogP contribution >= 0.6 is 0 Å². The normalized spacial score (nSPS) is 11.3. The van der Waals surface area contributed by atoms with Gasteiger partial charge in [0.05, 0.1) is 12.2 Å². The molecule has 1 unspecified atom stereocenters. The highest BCUT2D eigenvalue weighted by Crippen LogP contribution is 2.17. The quantitative estimate of drug-likeness (QED) is 0.573. The Hall–Kier alpha value is -3.02. The molecule has 6 heteroatoms. The van der Waals surface area contributed by atoms with Crippen LogP contribution in [0.15, 0.2) is 54.6 Å². The van der Waals surface area contributed by atoms with Crippen molar-refractivity contribution in [1.82, 2.24) is 5.32 Å². The van der Waals surface area contributed by atoms with Gasteiger partial charge in [0, 0.05) is 13.0 Å². The Morgan fingerprint density at radius 3 is 2.50 bits per heavy atom. The molecule has 0 aliphatic carbocycles. The predicted molar refractivity (Wildman–Crippen MR) is 96.9 cm³/mol. The highest BCUT2D eigenvalue weighted by atomic mass is 16.7. The molecule has 0 aliphatic heterocycles. The van der Waals surface area contributed by atoms with Gasteiger partial charge in [0.1, 0.15) is 5.75 Å². The van der Waals surface area contributed by atoms with E-state index in [0.717, 1.165) is 5.56 Å². The maximum atomic E-state index is 11.9. The number of hydrogen-bond acceptors (Lipinski definition) is 5. The molecule has 0 saturated heterocycles. The maximum Gasteiger partial charge on any atom is 0.410 e. The summed E-state index contributed by atoms with van der Waals surface area (Å²) < 4.78 is 15.9. The highest BCUT2D eigenvalue weighted by Gasteiger charge is 2.15. The Kier molecular flexibility index (Phi) is 7.49. The lowest BCUT2D eigenvalue weighted by atomic mass is 10.2. The summed E-state index contributed by atoms with van der Waals surface area (Å²) in [5, 5.41) is 2.68. The molecule has 1 N–H and O–H groups in total. The molecular weight excluding hydrogens is 334 g/mol. The molecule has 138 valence electrons. The zero-order valence-corrected chi connectivity index (χ0v) is 14.9. The van der Waals surface area contributed by atoms with Crippen LogP contribution in [0.25, 0.3) is 0 Å². The molecule has 0 aromatic heterocycles. The van der Waals surface area contributed by atoms with Gasteiger partial charge in [-0.2, -0.15) is 0 Å². The van der Waals surface area contributed by atoms with Gasteiger partial charge in [0.25, 0.3) is 0 Å². The van der Waals surface area contributed by atoms with E-state index in [9.17, 15) is 9.59 Å². The van der Waals surface area contributed by atoms with Crippen molar-refractivity contribution in [3.05, 3.63) is 65.7 Å². The number of esters is 1. The number of amides is 1. The average molecular weight is 357 g/mol. The molecular formula is C20H23NO5. The minimum absolute atomic E-state index is 0.298. The molecule has 2 rings (SSSR count). The van der Waals surface area contributed by atoms with Crippen molar-refractivity contribution in [3.63, 3.8) is 0 Å². The van der Waals surface area contributed by atoms with E-state index < -0.39 is 18.4 Å². The number of benzene rings is 2. The van der Waals surface area contributed by atoms with Gasteiger partial charge in [-0.3, -0.25) is 0 Å². The third-order valence-corrected chi connectivity index (χ3v) is 3.46. The number of carbonyl (C=O) groups is 2. The summed E-state index contributed by atoms with van der Waals surface area (Å²) in [7, 11) is 0. The summed E-state index contributed by atoms with van der Waals surface area (Å²) >= 11 is 0. The van der Waals surface area contributed by atoms with Gasteiger partial charge in [-0.25, -0.2) is 9.59 Å². The molecule has 0 spiro atoms. The zero-order chi connectivity index (χ0) is 18.8. The van der Waals surface area contributed by atoms with Crippen molar-refractivity contribution in [2.45, 2.75) is 33.1 Å². The zero-order valence-electron chi connectivity index (χ0n) is 14.9. The number of carbonyl (C=O) groups excluding carboxylic acids is 2. The first-order valence-corrected chi connectivity index (χ1v) is 8.54. The van der Waals surface area contributed by atoms with Gasteiger partial charge in [-0.05, 0) is 30.7 Å². The van der Waals surface area contributed by atoms with Crippen LogP contribution in [0.2, 0.25) is 0 Å². The van der Waals surface area contributed by atoms with Crippen LogP contribution in [0.5, 0.6) is 5.75 Å². The third-order valence-electron chi connectivity index (χ3n) is 3.46. The second-order valence-corrected chi connectivity index (χ2v) is 5.45. The van der Waals surface area contributed by atoms with Crippen LogP contribution in [0, 0.1) is 0 Å². The number of nitrogens with one attached hydrogen (secondary N) is 1. The molecule has 2 aromatic rings. The molecule has 0 saturated carbocycles. The van der Waals surface area contributed by atoms with E-state index in [-0.39, 0.29) is 0 Å². The molecule has 0 heterocycles. The van der Waals surface area contributed by atoms with Crippen LogP contribution < -0.4 is 10.1 Å². The van der Waals surface area contributed by atoms with Gasteiger partial charge in [-0.1, -0.05) is 43.3 Å². The minimum Gasteiger partial charge on any atom is -0.462 e. The van der Waals surface area contributed by atoms with Crippen LogP contribution in [0.1, 0.15) is 36.2 Å². The van der Waals surface area contributed by atoms with Crippen LogP contribution in [-0.4, -0.2) is 25.0 Å². The van der Waals surface area contributed by atoms with Gasteiger partial charge in [0.15, 0.2) is 0 Å². The second kappa shape index (κ2) is 10.1. The summed E-state index contributed by atoms with van der Waals surface area (Å²) in [6.45, 7) is 4.25. The number of alkyl carbamates (subject to hydrolysis) is 1. The molecule has 0 bridgehead atoms. The van der Waals surface area contributed by atoms with Crippen LogP contribution in [0.3, 0.4) is 0 Å². The van der Waals surface area contributed by atoms with Crippen molar-refractivity contribution in [1.29, 1.82) is 0 Å². The Labute approximate surface area is 153 Å². The minimum atomic E-state index is -0.761. The summed E-state index contributed by atoms with van der Waals surface area (Å²) in [6, 6.07) is 16.1. The number of ether oxygens (including phenoxy) is 3. The summed E-state index contributed by atoms with van der Waals surface area (Å²) in [5.74, 6) is 0.00536. The third kappa shape index (κ3) is 6.12. The summed E-state index contributed by atoms with van der Waals surface area (Å²) in [5.41, 5.74) is 1.35. The molecule has 0 aliphatic rings. The smallest absolute Gasteiger partial charge is 0.410 e. The van der Waals surface area contributed by atoms with E-state index in [0.29, 0.717) is 30.9 Å². The second-order valence-electron chi connectivity index (χ2n) is 5.45. The Morgan fingerprint density at radius 1 is 1.04 bits per heavy atom. The Balaban J connectivity index is 1.89. The fourth-order valence-corrected chi connectivity index (χ4v) is 2.18. The van der Waals surface area contributed by atoms with E-state index in [1.165, 1.54) is 0 Å². The van der Waals surface area contributed by atoms with Crippen molar-refractivity contribution < 1.29 is 23.8 Å². The first-order valence-electron chi connectivity index (χ1n) is 8.54. The summed E-state index contributed by atoms with van der Waals surface area (Å²) in [4.78, 5) is 23.7. The van der Waals surface area contributed by atoms with E-state index in [4.69, 9.17) is 14.2 Å². The van der Waals surface area contributed by atoms with Gasteiger partial charge < -0.3 is 19.5 Å². The van der Waals surface area contributed by atoms with Gasteiger partial charge in [-0.15, -0.1) is 0 Å². The van der Waals surface area contributed by atoms with Crippen molar-refractivity contribution in [3.8, 4) is 5.75 Å². The lowest BCUT2D eigenvalue weighted by molar-refractivity contribution is -0.0342. The van der Waals surface area contributed by atoms with E-state index in [2.05, 4.69) is 5.32 Å². The number of hydrogen-bond donors (Lipinski definition) is 1. The lowest BCUT2D eigenvalue weighted by Gasteiger charge is -2.18. The predicted octanol–water partition coefficient (Wildman–Crippen LogP) is 3.90. The molecule has 6 nitrogen and oxygen atoms in total. The molecule has 0 fully saturated rings. The molecule has 2 aromatic carbocycles. The van der Waals surface area contributed by atoms with Crippen LogP contribution in [0.4, 0.5) is 4.79 Å². The van der Waals surface area contributed by atoms with Gasteiger partial charge >= 0.3 is 12.1 Å². The first kappa shape index (κ1) is 19.3. The fourth-order valence-electron chi connectivity index (χ4n) is 2.18. The van der Waals surface area contributed by atoms with E-state index in [1.807, 2.05) is 37.3 Å². The van der Waals surface area contributed by atoms with Gasteiger partial charge in [0.2, 0.25) is 6.29 Å². The topological polar surface area (TPSA) is 73.9 Å².